The van der Waals surface area contributed by atoms with Crippen molar-refractivity contribution in [2.24, 2.45) is 0 Å². The summed E-state index contributed by atoms with van der Waals surface area (Å²) in [5, 5.41) is 17.0. The molecule has 2 aromatic rings. The van der Waals surface area contributed by atoms with Gasteiger partial charge in [-0.1, -0.05) is 48.4 Å². The van der Waals surface area contributed by atoms with E-state index in [4.69, 9.17) is 0 Å². The van der Waals surface area contributed by atoms with E-state index in [0.717, 1.165) is 31.5 Å². The number of aromatic carboxylic acids is 1. The molecule has 0 amide bonds. The van der Waals surface area contributed by atoms with E-state index in [1.165, 1.54) is 11.1 Å². The van der Waals surface area contributed by atoms with Gasteiger partial charge in [0.1, 0.15) is 0 Å². The summed E-state index contributed by atoms with van der Waals surface area (Å²) in [7, 11) is 0. The number of benzene rings is 1. The molecule has 0 aliphatic heterocycles. The van der Waals surface area contributed by atoms with Crippen molar-refractivity contribution in [2.45, 2.75) is 46.1 Å². The molecule has 0 saturated carbocycles. The minimum absolute atomic E-state index is 0.0817. The maximum atomic E-state index is 11.2. The molecule has 0 bridgehead atoms. The van der Waals surface area contributed by atoms with E-state index in [9.17, 15) is 9.90 Å². The highest BCUT2D eigenvalue weighted by molar-refractivity contribution is 5.86. The fourth-order valence-corrected chi connectivity index (χ4v) is 2.25. The van der Waals surface area contributed by atoms with Crippen molar-refractivity contribution in [1.29, 1.82) is 0 Å². The molecular weight excluding hydrogens is 266 g/mol. The van der Waals surface area contributed by atoms with Gasteiger partial charge in [0.15, 0.2) is 5.69 Å². The third-order valence-corrected chi connectivity index (χ3v) is 3.53. The Hall–Kier alpha value is -2.17. The van der Waals surface area contributed by atoms with Crippen molar-refractivity contribution in [3.8, 4) is 0 Å². The third-order valence-electron chi connectivity index (χ3n) is 3.53. The fraction of sp³-hybridized carbons (Fsp3) is 0.438. The molecular formula is C16H21N3O2. The second-order valence-electron chi connectivity index (χ2n) is 5.25. The molecule has 0 atom stereocenters. The summed E-state index contributed by atoms with van der Waals surface area (Å²) in [6, 6.07) is 8.30. The molecule has 1 N–H and O–H groups in total. The van der Waals surface area contributed by atoms with Crippen LogP contribution >= 0.6 is 0 Å². The maximum Gasteiger partial charge on any atom is 0.358 e. The lowest BCUT2D eigenvalue weighted by Gasteiger charge is -2.07. The Labute approximate surface area is 124 Å². The zero-order valence-corrected chi connectivity index (χ0v) is 12.5. The molecule has 0 aliphatic rings. The lowest BCUT2D eigenvalue weighted by molar-refractivity contribution is 0.0689. The highest BCUT2D eigenvalue weighted by atomic mass is 16.4. The Morgan fingerprint density at radius 1 is 1.24 bits per heavy atom. The lowest BCUT2D eigenvalue weighted by atomic mass is 10.1. The van der Waals surface area contributed by atoms with Gasteiger partial charge < -0.3 is 5.11 Å². The highest BCUT2D eigenvalue weighted by Crippen LogP contribution is 2.12. The molecule has 0 spiro atoms. The molecule has 21 heavy (non-hydrogen) atoms. The molecule has 0 saturated heterocycles. The number of rotatable bonds is 7. The number of carboxylic acid groups (broad SMARTS) is 1. The van der Waals surface area contributed by atoms with Crippen molar-refractivity contribution in [2.75, 3.05) is 0 Å². The highest BCUT2D eigenvalue weighted by Gasteiger charge is 2.18. The smallest absolute Gasteiger partial charge is 0.358 e. The first-order valence-electron chi connectivity index (χ1n) is 7.33. The average molecular weight is 287 g/mol. The van der Waals surface area contributed by atoms with Gasteiger partial charge >= 0.3 is 5.97 Å². The van der Waals surface area contributed by atoms with E-state index in [1.807, 2.05) is 0 Å². The zero-order chi connectivity index (χ0) is 15.2. The minimum atomic E-state index is -1.00. The molecule has 1 heterocycles. The number of nitrogens with zero attached hydrogens (tertiary/aromatic N) is 3. The molecule has 0 aliphatic carbocycles. The first-order chi connectivity index (χ1) is 10.1. The summed E-state index contributed by atoms with van der Waals surface area (Å²) in [4.78, 5) is 11.2. The number of unbranched alkanes of at least 4 members (excludes halogenated alkanes) is 1. The topological polar surface area (TPSA) is 68.0 Å². The lowest BCUT2D eigenvalue weighted by Crippen LogP contribution is -2.10. The van der Waals surface area contributed by atoms with Crippen LogP contribution in [0, 0.1) is 6.92 Å². The molecule has 5 nitrogen and oxygen atoms in total. The predicted octanol–water partition coefficient (Wildman–Crippen LogP) is 2.87. The van der Waals surface area contributed by atoms with Gasteiger partial charge in [-0.25, -0.2) is 9.48 Å². The van der Waals surface area contributed by atoms with E-state index in [0.29, 0.717) is 6.42 Å². The Morgan fingerprint density at radius 2 is 1.95 bits per heavy atom. The summed E-state index contributed by atoms with van der Waals surface area (Å²) in [6.07, 6.45) is 3.45. The van der Waals surface area contributed by atoms with Crippen molar-refractivity contribution >= 4 is 5.97 Å². The Bertz CT molecular complexity index is 602. The Balaban J connectivity index is 2.14. The number of carbonyl (C=O) groups is 1. The molecule has 0 radical (unpaired) electrons. The summed E-state index contributed by atoms with van der Waals surface area (Å²) in [5.41, 5.74) is 3.22. The minimum Gasteiger partial charge on any atom is -0.476 e. The summed E-state index contributed by atoms with van der Waals surface area (Å²) >= 11 is 0. The monoisotopic (exact) mass is 287 g/mol. The van der Waals surface area contributed by atoms with Crippen LogP contribution in [-0.4, -0.2) is 26.1 Å². The van der Waals surface area contributed by atoms with Crippen LogP contribution in [0.1, 0.15) is 47.1 Å². The maximum absolute atomic E-state index is 11.2. The molecule has 1 aromatic heterocycles. The van der Waals surface area contributed by atoms with E-state index in [2.05, 4.69) is 48.4 Å². The largest absolute Gasteiger partial charge is 0.476 e. The summed E-state index contributed by atoms with van der Waals surface area (Å²) in [5.74, 6) is -1.00. The predicted molar refractivity (Wildman–Crippen MR) is 80.5 cm³/mol. The Kier molecular flexibility index (Phi) is 5.09. The molecule has 5 heteroatoms. The van der Waals surface area contributed by atoms with Gasteiger partial charge in [0.05, 0.1) is 5.69 Å². The first-order valence-corrected chi connectivity index (χ1v) is 7.33. The van der Waals surface area contributed by atoms with Crippen LogP contribution in [0.3, 0.4) is 0 Å². The number of aryl methyl sites for hydroxylation is 3. The van der Waals surface area contributed by atoms with Gasteiger partial charge in [0.25, 0.3) is 0 Å². The molecule has 2 rings (SSSR count). The molecule has 0 fully saturated rings. The van der Waals surface area contributed by atoms with Gasteiger partial charge in [0.2, 0.25) is 0 Å². The van der Waals surface area contributed by atoms with Gasteiger partial charge in [-0.15, -0.1) is 5.10 Å². The average Bonchev–Trinajstić information content (AvgIpc) is 2.87. The zero-order valence-electron chi connectivity index (χ0n) is 12.5. The van der Waals surface area contributed by atoms with Crippen molar-refractivity contribution in [1.82, 2.24) is 15.0 Å². The van der Waals surface area contributed by atoms with Crippen LogP contribution < -0.4 is 0 Å². The number of hydrogen-bond donors (Lipinski definition) is 1. The van der Waals surface area contributed by atoms with Crippen molar-refractivity contribution in [3.63, 3.8) is 0 Å². The number of carboxylic acids is 1. The second kappa shape index (κ2) is 7.02. The van der Waals surface area contributed by atoms with E-state index < -0.39 is 5.97 Å². The van der Waals surface area contributed by atoms with Crippen LogP contribution in [0.2, 0.25) is 0 Å². The molecule has 1 aromatic carbocycles. The van der Waals surface area contributed by atoms with Gasteiger partial charge in [0, 0.05) is 6.54 Å². The summed E-state index contributed by atoms with van der Waals surface area (Å²) < 4.78 is 1.74. The fourth-order valence-electron chi connectivity index (χ4n) is 2.25. The van der Waals surface area contributed by atoms with E-state index in [1.54, 1.807) is 4.68 Å². The van der Waals surface area contributed by atoms with Gasteiger partial charge in [-0.3, -0.25) is 0 Å². The Morgan fingerprint density at radius 3 is 2.57 bits per heavy atom. The van der Waals surface area contributed by atoms with Crippen LogP contribution in [0.5, 0.6) is 0 Å². The quantitative estimate of drug-likeness (QED) is 0.850. The third kappa shape index (κ3) is 3.90. The molecule has 0 unspecified atom stereocenters. The molecule has 112 valence electrons. The summed E-state index contributed by atoms with van der Waals surface area (Å²) in [6.45, 7) is 4.87. The SMILES string of the molecule is CCCCn1nnc(C(=O)O)c1CCc1ccc(C)cc1. The first kappa shape index (κ1) is 15.2. The standard InChI is InChI=1S/C16H21N3O2/c1-3-4-11-19-14(15(16(20)21)17-18-19)10-9-13-7-5-12(2)6-8-13/h5-8H,3-4,9-11H2,1-2H3,(H,20,21). The van der Waals surface area contributed by atoms with Crippen LogP contribution in [0.4, 0.5) is 0 Å². The van der Waals surface area contributed by atoms with Crippen molar-refractivity contribution in [3.05, 3.63) is 46.8 Å². The van der Waals surface area contributed by atoms with E-state index in [-0.39, 0.29) is 5.69 Å². The number of aromatic nitrogens is 3. The second-order valence-corrected chi connectivity index (χ2v) is 5.25. The van der Waals surface area contributed by atoms with E-state index >= 15 is 0 Å². The number of hydrogen-bond acceptors (Lipinski definition) is 3. The van der Waals surface area contributed by atoms with Crippen LogP contribution in [-0.2, 0) is 19.4 Å². The normalized spacial score (nSPS) is 10.8. The van der Waals surface area contributed by atoms with Crippen molar-refractivity contribution < 1.29 is 9.90 Å². The van der Waals surface area contributed by atoms with Crippen LogP contribution in [0.25, 0.3) is 0 Å². The van der Waals surface area contributed by atoms with Gasteiger partial charge in [-0.2, -0.15) is 0 Å². The van der Waals surface area contributed by atoms with Crippen LogP contribution in [0.15, 0.2) is 24.3 Å². The van der Waals surface area contributed by atoms with Gasteiger partial charge in [-0.05, 0) is 31.7 Å².